The van der Waals surface area contributed by atoms with E-state index >= 15 is 0 Å². The average molecular weight is 1020 g/mol. The van der Waals surface area contributed by atoms with E-state index in [1.165, 1.54) is 257 Å². The van der Waals surface area contributed by atoms with Crippen LogP contribution in [-0.4, -0.2) is 73.4 Å². The Morgan fingerprint density at radius 2 is 0.775 bits per heavy atom. The topological polar surface area (TPSA) is 105 Å². The van der Waals surface area contributed by atoms with Gasteiger partial charge in [-0.15, -0.1) is 0 Å². The van der Waals surface area contributed by atoms with Gasteiger partial charge in [0.1, 0.15) is 13.2 Å². The number of hydrogen-bond acceptors (Lipinski definition) is 5. The fraction of sp³-hybridized carbons (Fsp3) is 0.919. The van der Waals surface area contributed by atoms with Crippen LogP contribution in [0.25, 0.3) is 0 Å². The Hall–Kier alpha value is -1.02. The molecule has 0 rings (SSSR count). The lowest BCUT2D eigenvalue weighted by atomic mass is 10.0. The zero-order valence-electron chi connectivity index (χ0n) is 48.2. The number of aliphatic hydroxyl groups is 1. The normalized spacial score (nSPS) is 14.0. The van der Waals surface area contributed by atoms with Crippen LogP contribution in [0.5, 0.6) is 0 Å². The number of quaternary nitrogens is 1. The third-order valence-corrected chi connectivity index (χ3v) is 15.4. The van der Waals surface area contributed by atoms with Crippen molar-refractivity contribution in [3.63, 3.8) is 0 Å². The number of rotatable bonds is 58. The summed E-state index contributed by atoms with van der Waals surface area (Å²) in [6.45, 7) is 4.84. The van der Waals surface area contributed by atoms with E-state index in [2.05, 4.69) is 31.3 Å². The molecule has 3 N–H and O–H groups in total. The molecule has 1 amide bonds. The minimum Gasteiger partial charge on any atom is -0.387 e. The van der Waals surface area contributed by atoms with E-state index in [4.69, 9.17) is 9.05 Å². The van der Waals surface area contributed by atoms with E-state index < -0.39 is 20.0 Å². The lowest BCUT2D eigenvalue weighted by molar-refractivity contribution is -0.870. The molecule has 0 saturated carbocycles. The standard InChI is InChI=1S/C62H123N2O6P/c1-6-8-10-12-14-16-18-20-22-24-25-26-27-28-29-30-31-32-33-34-35-36-37-38-40-41-43-45-47-49-51-53-55-61(65)60(59-70-71(67,68)69-58-57-64(3,4)5)63-62(66)56-54-52-50-48-46-44-42-39-23-21-19-17-15-13-11-9-7-2/h45,47,53,55,60-61,65H,6-44,46,48-52,54,56-59H2,1-5H3,(H-,63,66,67,68)/p+1/b47-45+,55-53+. The summed E-state index contributed by atoms with van der Waals surface area (Å²) in [4.78, 5) is 23.3. The maximum Gasteiger partial charge on any atom is 0.472 e. The molecule has 0 radical (unpaired) electrons. The van der Waals surface area contributed by atoms with Crippen molar-refractivity contribution in [2.75, 3.05) is 40.9 Å². The first-order valence-corrected chi connectivity index (χ1v) is 32.7. The maximum absolute atomic E-state index is 13.0. The van der Waals surface area contributed by atoms with Crippen LogP contribution in [0.2, 0.25) is 0 Å². The fourth-order valence-corrected chi connectivity index (χ4v) is 10.3. The van der Waals surface area contributed by atoms with Gasteiger partial charge in [-0.05, 0) is 32.1 Å². The van der Waals surface area contributed by atoms with E-state index in [0.29, 0.717) is 17.4 Å². The molecule has 0 bridgehead atoms. The van der Waals surface area contributed by atoms with Crippen LogP contribution in [0.1, 0.15) is 316 Å². The Morgan fingerprint density at radius 3 is 1.13 bits per heavy atom. The highest BCUT2D eigenvalue weighted by atomic mass is 31.2. The number of amides is 1. The molecule has 0 aromatic rings. The fourth-order valence-electron chi connectivity index (χ4n) is 9.53. The number of phosphoric acid groups is 1. The van der Waals surface area contributed by atoms with Crippen molar-refractivity contribution in [1.29, 1.82) is 0 Å². The second-order valence-electron chi connectivity index (χ2n) is 22.8. The maximum atomic E-state index is 13.0. The van der Waals surface area contributed by atoms with E-state index in [0.717, 1.165) is 38.5 Å². The molecular weight excluding hydrogens is 900 g/mol. The number of nitrogens with one attached hydrogen (secondary N) is 1. The Balaban J connectivity index is 4.10. The molecule has 9 heteroatoms. The molecule has 0 aliphatic heterocycles. The quantitative estimate of drug-likeness (QED) is 0.0243. The van der Waals surface area contributed by atoms with Crippen LogP contribution in [0.4, 0.5) is 0 Å². The monoisotopic (exact) mass is 1020 g/mol. The Kier molecular flexibility index (Phi) is 53.0. The number of allylic oxidation sites excluding steroid dienone is 3. The molecule has 71 heavy (non-hydrogen) atoms. The number of carbonyl (C=O) groups is 1. The molecule has 0 aromatic carbocycles. The lowest BCUT2D eigenvalue weighted by Crippen LogP contribution is -2.45. The molecule has 0 fully saturated rings. The highest BCUT2D eigenvalue weighted by molar-refractivity contribution is 7.47. The zero-order chi connectivity index (χ0) is 52.0. The summed E-state index contributed by atoms with van der Waals surface area (Å²) in [5, 5.41) is 13.9. The van der Waals surface area contributed by atoms with E-state index in [9.17, 15) is 19.4 Å². The molecule has 0 saturated heterocycles. The van der Waals surface area contributed by atoms with Gasteiger partial charge in [0.05, 0.1) is 39.9 Å². The molecule has 0 aromatic heterocycles. The van der Waals surface area contributed by atoms with Crippen LogP contribution in [0, 0.1) is 0 Å². The number of phosphoric ester groups is 1. The van der Waals surface area contributed by atoms with E-state index in [1.807, 2.05) is 27.2 Å². The van der Waals surface area contributed by atoms with Crippen LogP contribution in [0.3, 0.4) is 0 Å². The zero-order valence-corrected chi connectivity index (χ0v) is 49.1. The van der Waals surface area contributed by atoms with Crippen molar-refractivity contribution >= 4 is 13.7 Å². The summed E-state index contributed by atoms with van der Waals surface area (Å²) < 4.78 is 23.7. The molecule has 3 unspecified atom stereocenters. The molecule has 0 aliphatic rings. The highest BCUT2D eigenvalue weighted by Gasteiger charge is 2.27. The smallest absolute Gasteiger partial charge is 0.387 e. The van der Waals surface area contributed by atoms with Gasteiger partial charge >= 0.3 is 7.82 Å². The number of nitrogens with zero attached hydrogens (tertiary/aromatic N) is 1. The second kappa shape index (κ2) is 53.8. The van der Waals surface area contributed by atoms with Gasteiger partial charge in [0.2, 0.25) is 5.91 Å². The first-order valence-electron chi connectivity index (χ1n) is 31.2. The largest absolute Gasteiger partial charge is 0.472 e. The van der Waals surface area contributed by atoms with Crippen molar-refractivity contribution in [3.8, 4) is 0 Å². The van der Waals surface area contributed by atoms with E-state index in [-0.39, 0.29) is 19.1 Å². The van der Waals surface area contributed by atoms with Gasteiger partial charge in [-0.25, -0.2) is 4.57 Å². The number of hydrogen-bond donors (Lipinski definition) is 3. The van der Waals surface area contributed by atoms with Crippen molar-refractivity contribution in [1.82, 2.24) is 5.32 Å². The van der Waals surface area contributed by atoms with E-state index in [1.54, 1.807) is 6.08 Å². The number of carbonyl (C=O) groups excluding carboxylic acids is 1. The predicted molar refractivity (Wildman–Crippen MR) is 309 cm³/mol. The number of aliphatic hydroxyl groups excluding tert-OH is 1. The summed E-state index contributed by atoms with van der Waals surface area (Å²) in [5.41, 5.74) is 0. The summed E-state index contributed by atoms with van der Waals surface area (Å²) in [6.07, 6.45) is 68.8. The summed E-state index contributed by atoms with van der Waals surface area (Å²) in [7, 11) is 1.57. The first kappa shape index (κ1) is 70.0. The number of likely N-dealkylation sites (N-methyl/N-ethyl adjacent to an activating group) is 1. The SMILES string of the molecule is CCCCCCCCCCCCCCCCCCCCCCCCCCCC/C=C/CC/C=C/C(O)C(COP(=O)(O)OCC[N+](C)(C)C)NC(=O)CCCCCCCCCCCCCCCCCCC. The van der Waals surface area contributed by atoms with Crippen molar-refractivity contribution in [3.05, 3.63) is 24.3 Å². The molecule has 0 heterocycles. The van der Waals surface area contributed by atoms with Crippen molar-refractivity contribution in [2.45, 2.75) is 328 Å². The molecule has 3 atom stereocenters. The Labute approximate surface area is 443 Å². The minimum absolute atomic E-state index is 0.0588. The van der Waals surface area contributed by atoms with Gasteiger partial charge in [-0.2, -0.15) is 0 Å². The molecule has 422 valence electrons. The van der Waals surface area contributed by atoms with Crippen LogP contribution < -0.4 is 5.32 Å². The van der Waals surface area contributed by atoms with Crippen LogP contribution >= 0.6 is 7.82 Å². The molecular formula is C62H124N2O6P+. The highest BCUT2D eigenvalue weighted by Crippen LogP contribution is 2.43. The summed E-state index contributed by atoms with van der Waals surface area (Å²) in [5.74, 6) is -0.181. The van der Waals surface area contributed by atoms with Crippen LogP contribution in [0.15, 0.2) is 24.3 Å². The average Bonchev–Trinajstić information content (AvgIpc) is 3.33. The van der Waals surface area contributed by atoms with Gasteiger partial charge in [0.25, 0.3) is 0 Å². The number of unbranched alkanes of at least 4 members (excludes halogenated alkanes) is 43. The van der Waals surface area contributed by atoms with Gasteiger partial charge in [-0.1, -0.05) is 301 Å². The van der Waals surface area contributed by atoms with Crippen LogP contribution in [-0.2, 0) is 18.4 Å². The second-order valence-corrected chi connectivity index (χ2v) is 24.2. The van der Waals surface area contributed by atoms with Gasteiger partial charge < -0.3 is 19.8 Å². The third kappa shape index (κ3) is 56.5. The molecule has 0 spiro atoms. The third-order valence-electron chi connectivity index (χ3n) is 14.4. The Morgan fingerprint density at radius 1 is 0.465 bits per heavy atom. The lowest BCUT2D eigenvalue weighted by Gasteiger charge is -2.25. The van der Waals surface area contributed by atoms with Crippen molar-refractivity contribution < 1.29 is 32.9 Å². The summed E-state index contributed by atoms with van der Waals surface area (Å²) in [6, 6.07) is -0.860. The molecule has 8 nitrogen and oxygen atoms in total. The van der Waals surface area contributed by atoms with Gasteiger partial charge in [0, 0.05) is 6.42 Å². The van der Waals surface area contributed by atoms with Crippen molar-refractivity contribution in [2.24, 2.45) is 0 Å². The van der Waals surface area contributed by atoms with Gasteiger partial charge in [0.15, 0.2) is 0 Å². The Bertz CT molecular complexity index is 1210. The van der Waals surface area contributed by atoms with Gasteiger partial charge in [-0.3, -0.25) is 13.8 Å². The molecule has 0 aliphatic carbocycles. The first-order chi connectivity index (χ1) is 34.5. The predicted octanol–water partition coefficient (Wildman–Crippen LogP) is 19.2. The minimum atomic E-state index is -4.35. The summed E-state index contributed by atoms with van der Waals surface area (Å²) >= 11 is 0.